The summed E-state index contributed by atoms with van der Waals surface area (Å²) in [7, 11) is 0. The Kier molecular flexibility index (Phi) is 6.30. The third kappa shape index (κ3) is 4.93. The van der Waals surface area contributed by atoms with Crippen LogP contribution in [0.25, 0.3) is 11.0 Å². The number of urea groups is 1. The van der Waals surface area contributed by atoms with Crippen molar-refractivity contribution in [2.45, 2.75) is 26.1 Å². The summed E-state index contributed by atoms with van der Waals surface area (Å²) in [6, 6.07) is 23.1. The monoisotopic (exact) mass is 481 g/mol. The first-order valence-electron chi connectivity index (χ1n) is 12.7. The molecule has 0 bridgehead atoms. The van der Waals surface area contributed by atoms with E-state index in [1.165, 1.54) is 16.7 Å². The predicted molar refractivity (Wildman–Crippen MR) is 140 cm³/mol. The maximum atomic E-state index is 12.7. The fourth-order valence-corrected chi connectivity index (χ4v) is 5.09. The Hall–Kier alpha value is -3.84. The summed E-state index contributed by atoms with van der Waals surface area (Å²) in [5.41, 5.74) is 7.09. The van der Waals surface area contributed by atoms with E-state index in [0.717, 1.165) is 74.6 Å². The number of hydrogen-bond acceptors (Lipinski definition) is 4. The first kappa shape index (κ1) is 22.6. The van der Waals surface area contributed by atoms with Crippen LogP contribution in [0.15, 0.2) is 73.1 Å². The van der Waals surface area contributed by atoms with Gasteiger partial charge in [0.1, 0.15) is 5.75 Å². The molecule has 36 heavy (non-hydrogen) atoms. The molecule has 4 aromatic rings. The number of nitrogens with zero attached hydrogens (tertiary/aromatic N) is 4. The minimum atomic E-state index is 0.0123. The molecule has 6 rings (SSSR count). The molecule has 7 nitrogen and oxygen atoms in total. The van der Waals surface area contributed by atoms with Crippen LogP contribution in [0.2, 0.25) is 0 Å². The molecule has 3 heterocycles. The molecule has 7 heteroatoms. The number of benzene rings is 3. The molecule has 184 valence electrons. The largest absolute Gasteiger partial charge is 0.493 e. The Morgan fingerprint density at radius 1 is 0.889 bits per heavy atom. The molecule has 0 atom stereocenters. The molecule has 1 N–H and O–H groups in total. The lowest BCUT2D eigenvalue weighted by Gasteiger charge is -2.34. The fraction of sp³-hybridized carbons (Fsp3) is 0.310. The fourth-order valence-electron chi connectivity index (χ4n) is 5.09. The van der Waals surface area contributed by atoms with E-state index in [9.17, 15) is 4.79 Å². The molecule has 0 spiro atoms. The number of aromatic nitrogens is 2. The third-order valence-electron chi connectivity index (χ3n) is 7.17. The lowest BCUT2D eigenvalue weighted by molar-refractivity contribution is 0.135. The highest BCUT2D eigenvalue weighted by Crippen LogP contribution is 2.26. The van der Waals surface area contributed by atoms with E-state index in [-0.39, 0.29) is 6.03 Å². The van der Waals surface area contributed by atoms with Gasteiger partial charge in [0.15, 0.2) is 0 Å². The summed E-state index contributed by atoms with van der Waals surface area (Å²) < 4.78 is 7.77. The van der Waals surface area contributed by atoms with Crippen LogP contribution in [0.1, 0.15) is 22.3 Å². The number of piperazine rings is 1. The predicted octanol–water partition coefficient (Wildman–Crippen LogP) is 4.05. The molecule has 0 radical (unpaired) electrons. The van der Waals surface area contributed by atoms with Crippen molar-refractivity contribution in [2.75, 3.05) is 32.8 Å². The number of carbonyl (C=O) groups is 1. The van der Waals surface area contributed by atoms with E-state index in [4.69, 9.17) is 4.74 Å². The molecule has 2 amide bonds. The van der Waals surface area contributed by atoms with Gasteiger partial charge in [-0.2, -0.15) is 0 Å². The van der Waals surface area contributed by atoms with Gasteiger partial charge in [0.25, 0.3) is 0 Å². The van der Waals surface area contributed by atoms with Crippen molar-refractivity contribution in [1.29, 1.82) is 0 Å². The molecule has 0 unspecified atom stereocenters. The summed E-state index contributed by atoms with van der Waals surface area (Å²) in [6.07, 6.45) is 2.89. The number of para-hydroxylation sites is 2. The van der Waals surface area contributed by atoms with Crippen molar-refractivity contribution in [3.05, 3.63) is 95.3 Å². The van der Waals surface area contributed by atoms with Gasteiger partial charge in [0, 0.05) is 52.2 Å². The second kappa shape index (κ2) is 10.0. The van der Waals surface area contributed by atoms with E-state index in [2.05, 4.69) is 68.3 Å². The van der Waals surface area contributed by atoms with Gasteiger partial charge < -0.3 is 19.5 Å². The van der Waals surface area contributed by atoms with Crippen molar-refractivity contribution in [3.63, 3.8) is 0 Å². The zero-order chi connectivity index (χ0) is 24.3. The van der Waals surface area contributed by atoms with Crippen LogP contribution in [0.5, 0.6) is 5.75 Å². The summed E-state index contributed by atoms with van der Waals surface area (Å²) in [5, 5.41) is 3.09. The molecule has 0 aliphatic carbocycles. The first-order valence-corrected chi connectivity index (χ1v) is 12.7. The van der Waals surface area contributed by atoms with Gasteiger partial charge in [0.2, 0.25) is 0 Å². The van der Waals surface area contributed by atoms with E-state index in [0.29, 0.717) is 6.54 Å². The number of ether oxygens (including phenoxy) is 1. The van der Waals surface area contributed by atoms with Crippen LogP contribution >= 0.6 is 0 Å². The van der Waals surface area contributed by atoms with Gasteiger partial charge in [-0.05, 0) is 40.5 Å². The number of rotatable bonds is 6. The van der Waals surface area contributed by atoms with E-state index < -0.39 is 0 Å². The highest BCUT2D eigenvalue weighted by atomic mass is 16.5. The molecule has 0 saturated carbocycles. The van der Waals surface area contributed by atoms with Crippen LogP contribution in [-0.4, -0.2) is 58.2 Å². The second-order valence-corrected chi connectivity index (χ2v) is 9.64. The lowest BCUT2D eigenvalue weighted by Crippen LogP contribution is -2.51. The summed E-state index contributed by atoms with van der Waals surface area (Å²) in [6.45, 7) is 6.29. The smallest absolute Gasteiger partial charge is 0.317 e. The highest BCUT2D eigenvalue weighted by molar-refractivity contribution is 5.75. The zero-order valence-corrected chi connectivity index (χ0v) is 20.4. The van der Waals surface area contributed by atoms with Crippen molar-refractivity contribution < 1.29 is 9.53 Å². The lowest BCUT2D eigenvalue weighted by atomic mass is 10.1. The minimum Gasteiger partial charge on any atom is -0.493 e. The molecular weight excluding hydrogens is 450 g/mol. The average molecular weight is 482 g/mol. The van der Waals surface area contributed by atoms with E-state index in [1.807, 2.05) is 29.4 Å². The Morgan fingerprint density at radius 3 is 2.53 bits per heavy atom. The SMILES string of the molecule is O=C(NCc1ccc(Cn2cnc3ccccc32)cc1)N1CCN(Cc2ccc3c(c2)CCO3)CC1. The van der Waals surface area contributed by atoms with Gasteiger partial charge in [0.05, 0.1) is 24.0 Å². The number of amides is 2. The molecule has 2 aliphatic rings. The van der Waals surface area contributed by atoms with Gasteiger partial charge in [-0.25, -0.2) is 9.78 Å². The molecular formula is C29H31N5O2. The standard InChI is InChI=1S/C29H31N5O2/c35-29(33-14-12-32(13-15-33)19-24-9-10-28-25(17-24)11-16-36-28)30-18-22-5-7-23(8-6-22)20-34-21-31-26-3-1-2-4-27(26)34/h1-10,17,21H,11-16,18-20H2,(H,30,35). The van der Waals surface area contributed by atoms with Crippen molar-refractivity contribution in [2.24, 2.45) is 0 Å². The molecule has 1 saturated heterocycles. The van der Waals surface area contributed by atoms with Crippen LogP contribution in [0.3, 0.4) is 0 Å². The van der Waals surface area contributed by atoms with Crippen molar-refractivity contribution in [3.8, 4) is 5.75 Å². The van der Waals surface area contributed by atoms with E-state index >= 15 is 0 Å². The highest BCUT2D eigenvalue weighted by Gasteiger charge is 2.21. The topological polar surface area (TPSA) is 62.6 Å². The van der Waals surface area contributed by atoms with Gasteiger partial charge in [-0.3, -0.25) is 4.90 Å². The van der Waals surface area contributed by atoms with Crippen LogP contribution in [0, 0.1) is 0 Å². The zero-order valence-electron chi connectivity index (χ0n) is 20.4. The first-order chi connectivity index (χ1) is 17.7. The average Bonchev–Trinajstić information content (AvgIpc) is 3.55. The maximum absolute atomic E-state index is 12.7. The summed E-state index contributed by atoms with van der Waals surface area (Å²) in [4.78, 5) is 21.5. The van der Waals surface area contributed by atoms with Gasteiger partial charge in [-0.15, -0.1) is 0 Å². The number of nitrogens with one attached hydrogen (secondary N) is 1. The second-order valence-electron chi connectivity index (χ2n) is 9.64. The summed E-state index contributed by atoms with van der Waals surface area (Å²) >= 11 is 0. The maximum Gasteiger partial charge on any atom is 0.317 e. The Morgan fingerprint density at radius 2 is 1.67 bits per heavy atom. The normalized spacial score (nSPS) is 15.6. The van der Waals surface area contributed by atoms with Crippen molar-refractivity contribution >= 4 is 17.1 Å². The quantitative estimate of drug-likeness (QED) is 0.451. The van der Waals surface area contributed by atoms with Crippen molar-refractivity contribution in [1.82, 2.24) is 24.7 Å². The van der Waals surface area contributed by atoms with Gasteiger partial charge in [-0.1, -0.05) is 48.5 Å². The molecule has 3 aromatic carbocycles. The third-order valence-corrected chi connectivity index (χ3v) is 7.17. The number of fused-ring (bicyclic) bond motifs is 2. The Balaban J connectivity index is 0.964. The summed E-state index contributed by atoms with van der Waals surface area (Å²) in [5.74, 6) is 1.03. The van der Waals surface area contributed by atoms with Crippen LogP contribution < -0.4 is 10.1 Å². The Labute approximate surface area is 211 Å². The van der Waals surface area contributed by atoms with Crippen LogP contribution in [-0.2, 0) is 26.1 Å². The van der Waals surface area contributed by atoms with E-state index in [1.54, 1.807) is 0 Å². The number of hydrogen-bond donors (Lipinski definition) is 1. The molecule has 1 fully saturated rings. The van der Waals surface area contributed by atoms with Gasteiger partial charge >= 0.3 is 6.03 Å². The molecule has 1 aromatic heterocycles. The molecule has 2 aliphatic heterocycles. The minimum absolute atomic E-state index is 0.0123. The van der Waals surface area contributed by atoms with Crippen LogP contribution in [0.4, 0.5) is 4.79 Å². The number of imidazole rings is 1. The number of carbonyl (C=O) groups excluding carboxylic acids is 1. The Bertz CT molecular complexity index is 1360.